The lowest BCUT2D eigenvalue weighted by molar-refractivity contribution is -0.167. The molecule has 0 N–H and O–H groups in total. The van der Waals surface area contributed by atoms with E-state index in [1.54, 1.807) is 0 Å². The number of unbranched alkanes of at least 4 members (excludes halogenated alkanes) is 32. The molecule has 80 heavy (non-hydrogen) atoms. The largest absolute Gasteiger partial charge is 0.462 e. The van der Waals surface area contributed by atoms with Gasteiger partial charge in [0.15, 0.2) is 6.10 Å². The topological polar surface area (TPSA) is 78.9 Å². The molecule has 1 unspecified atom stereocenters. The SMILES string of the molecule is CC/C=C\C/C=C\C/C=C\C/C=C\C/C=C\C/C=C\C/C=C\CCCC(=O)OCC(COC(=O)CCCCCCCCC/C=C\CCCCCCCCC)OC(=O)CCCCCCCCCCC/C=C\CCCCCCCCCC. The fourth-order valence-corrected chi connectivity index (χ4v) is 9.42. The van der Waals surface area contributed by atoms with Crippen molar-refractivity contribution in [1.82, 2.24) is 0 Å². The molecule has 0 aliphatic carbocycles. The third-order valence-electron chi connectivity index (χ3n) is 14.5. The van der Waals surface area contributed by atoms with Gasteiger partial charge in [0.25, 0.3) is 0 Å². The predicted octanol–water partition coefficient (Wildman–Crippen LogP) is 23.4. The van der Waals surface area contributed by atoms with Crippen molar-refractivity contribution in [3.63, 3.8) is 0 Å². The normalized spacial score (nSPS) is 12.8. The first-order valence-electron chi connectivity index (χ1n) is 33.9. The standard InChI is InChI=1S/C74H126O6/c1-4-7-10-13-16-19-22-25-28-31-34-36-37-39-40-43-46-49-52-55-58-61-64-67-73(76)79-70-71(69-78-72(75)66-63-60-57-54-51-48-45-42-33-30-27-24-21-18-15-12-9-6-3)80-74(77)68-65-62-59-56-53-50-47-44-41-38-35-32-29-26-23-20-17-14-11-8-5-2/h7,10,16,19,25,28,30,32-36,39-40,46,49,55,58,71H,4-6,8-9,11-15,17-18,20-24,26-27,29,31,37-38,41-45,47-48,50-54,56-57,59-70H2,1-3H3/b10-7-,19-16-,28-25-,33-30-,35-32-,36-34-,40-39-,49-46-,58-55-. The van der Waals surface area contributed by atoms with Gasteiger partial charge in [0.2, 0.25) is 0 Å². The van der Waals surface area contributed by atoms with Crippen LogP contribution in [0.5, 0.6) is 0 Å². The Morgan fingerprint density at radius 3 is 0.825 bits per heavy atom. The zero-order valence-corrected chi connectivity index (χ0v) is 52.6. The van der Waals surface area contributed by atoms with Gasteiger partial charge in [0, 0.05) is 19.3 Å². The minimum absolute atomic E-state index is 0.0989. The van der Waals surface area contributed by atoms with E-state index in [1.807, 2.05) is 0 Å². The molecule has 0 bridgehead atoms. The number of hydrogen-bond donors (Lipinski definition) is 0. The van der Waals surface area contributed by atoms with E-state index in [9.17, 15) is 14.4 Å². The van der Waals surface area contributed by atoms with E-state index in [0.717, 1.165) is 89.9 Å². The molecule has 0 heterocycles. The summed E-state index contributed by atoms with van der Waals surface area (Å²) in [6.07, 6.45) is 92.5. The Bertz CT molecular complexity index is 1610. The van der Waals surface area contributed by atoms with Crippen LogP contribution < -0.4 is 0 Å². The van der Waals surface area contributed by atoms with Crippen LogP contribution in [0.3, 0.4) is 0 Å². The highest BCUT2D eigenvalue weighted by Crippen LogP contribution is 2.16. The summed E-state index contributed by atoms with van der Waals surface area (Å²) >= 11 is 0. The van der Waals surface area contributed by atoms with Gasteiger partial charge in [-0.25, -0.2) is 0 Å². The lowest BCUT2D eigenvalue weighted by atomic mass is 10.1. The van der Waals surface area contributed by atoms with Crippen LogP contribution in [-0.2, 0) is 28.6 Å². The second kappa shape index (κ2) is 67.6. The lowest BCUT2D eigenvalue weighted by Gasteiger charge is -2.18. The Labute approximate surface area is 495 Å². The molecule has 0 aliphatic rings. The first-order chi connectivity index (χ1) is 39.5. The molecule has 0 spiro atoms. The number of ether oxygens (including phenoxy) is 3. The number of rotatable bonds is 61. The zero-order valence-electron chi connectivity index (χ0n) is 52.6. The minimum atomic E-state index is -0.808. The van der Waals surface area contributed by atoms with E-state index < -0.39 is 6.10 Å². The molecular formula is C74H126O6. The highest BCUT2D eigenvalue weighted by molar-refractivity contribution is 5.71. The monoisotopic (exact) mass is 1110 g/mol. The molecule has 0 saturated carbocycles. The van der Waals surface area contributed by atoms with Crippen molar-refractivity contribution in [1.29, 1.82) is 0 Å². The average molecular weight is 1110 g/mol. The lowest BCUT2D eigenvalue weighted by Crippen LogP contribution is -2.30. The van der Waals surface area contributed by atoms with E-state index in [2.05, 4.69) is 130 Å². The van der Waals surface area contributed by atoms with Crippen molar-refractivity contribution >= 4 is 17.9 Å². The number of hydrogen-bond acceptors (Lipinski definition) is 6. The number of allylic oxidation sites excluding steroid dienone is 18. The summed E-state index contributed by atoms with van der Waals surface area (Å²) in [6, 6.07) is 0. The molecule has 0 fully saturated rings. The third kappa shape index (κ3) is 64.9. The smallest absolute Gasteiger partial charge is 0.306 e. The first kappa shape index (κ1) is 76.1. The van der Waals surface area contributed by atoms with Gasteiger partial charge in [-0.2, -0.15) is 0 Å². The van der Waals surface area contributed by atoms with Crippen LogP contribution in [0.4, 0.5) is 0 Å². The fraction of sp³-hybridized carbons (Fsp3) is 0.716. The summed E-state index contributed by atoms with van der Waals surface area (Å²) in [4.78, 5) is 38.4. The van der Waals surface area contributed by atoms with E-state index in [0.29, 0.717) is 19.3 Å². The third-order valence-corrected chi connectivity index (χ3v) is 14.5. The molecule has 458 valence electrons. The molecule has 0 aliphatic heterocycles. The molecule has 0 radical (unpaired) electrons. The van der Waals surface area contributed by atoms with E-state index in [1.165, 1.54) is 186 Å². The van der Waals surface area contributed by atoms with Crippen LogP contribution in [-0.4, -0.2) is 37.2 Å². The van der Waals surface area contributed by atoms with Gasteiger partial charge in [-0.15, -0.1) is 0 Å². The van der Waals surface area contributed by atoms with Gasteiger partial charge in [0.05, 0.1) is 0 Å². The Morgan fingerprint density at radius 2 is 0.500 bits per heavy atom. The number of carbonyl (C=O) groups excluding carboxylic acids is 3. The molecule has 0 rings (SSSR count). The molecule has 0 amide bonds. The molecule has 0 aromatic carbocycles. The average Bonchev–Trinajstić information content (AvgIpc) is 3.46. The Balaban J connectivity index is 4.48. The van der Waals surface area contributed by atoms with Crippen molar-refractivity contribution < 1.29 is 28.6 Å². The molecule has 0 aromatic rings. The summed E-state index contributed by atoms with van der Waals surface area (Å²) in [5.74, 6) is -0.956. The van der Waals surface area contributed by atoms with Gasteiger partial charge in [-0.05, 0) is 122 Å². The Morgan fingerprint density at radius 1 is 0.263 bits per heavy atom. The highest BCUT2D eigenvalue weighted by atomic mass is 16.6. The molecule has 0 aromatic heterocycles. The summed E-state index contributed by atoms with van der Waals surface area (Å²) in [5, 5.41) is 0. The second-order valence-corrected chi connectivity index (χ2v) is 22.3. The van der Waals surface area contributed by atoms with Gasteiger partial charge in [-0.3, -0.25) is 14.4 Å². The van der Waals surface area contributed by atoms with Crippen molar-refractivity contribution in [3.8, 4) is 0 Å². The Hall–Kier alpha value is -3.93. The van der Waals surface area contributed by atoms with Crippen molar-refractivity contribution in [2.24, 2.45) is 0 Å². The van der Waals surface area contributed by atoms with Crippen LogP contribution in [0.25, 0.3) is 0 Å². The summed E-state index contributed by atoms with van der Waals surface area (Å²) in [6.45, 7) is 6.50. The summed E-state index contributed by atoms with van der Waals surface area (Å²) in [7, 11) is 0. The number of esters is 3. The molecular weight excluding hydrogens is 985 g/mol. The maximum absolute atomic E-state index is 12.9. The van der Waals surface area contributed by atoms with Crippen LogP contribution in [0, 0.1) is 0 Å². The maximum atomic E-state index is 12.9. The fourth-order valence-electron chi connectivity index (χ4n) is 9.42. The van der Waals surface area contributed by atoms with Crippen LogP contribution in [0.2, 0.25) is 0 Å². The zero-order chi connectivity index (χ0) is 57.8. The van der Waals surface area contributed by atoms with Gasteiger partial charge in [-0.1, -0.05) is 291 Å². The van der Waals surface area contributed by atoms with Crippen molar-refractivity contribution in [2.75, 3.05) is 13.2 Å². The molecule has 0 saturated heterocycles. The quantitative estimate of drug-likeness (QED) is 0.0261. The number of carbonyl (C=O) groups is 3. The second-order valence-electron chi connectivity index (χ2n) is 22.3. The first-order valence-corrected chi connectivity index (χ1v) is 33.9. The maximum Gasteiger partial charge on any atom is 0.306 e. The molecule has 6 nitrogen and oxygen atoms in total. The molecule has 6 heteroatoms. The van der Waals surface area contributed by atoms with E-state index >= 15 is 0 Å². The van der Waals surface area contributed by atoms with Crippen LogP contribution in [0.1, 0.15) is 323 Å². The van der Waals surface area contributed by atoms with Crippen molar-refractivity contribution in [3.05, 3.63) is 109 Å². The highest BCUT2D eigenvalue weighted by Gasteiger charge is 2.19. The van der Waals surface area contributed by atoms with E-state index in [4.69, 9.17) is 14.2 Å². The van der Waals surface area contributed by atoms with Crippen LogP contribution >= 0.6 is 0 Å². The Kier molecular flexibility index (Phi) is 64.3. The van der Waals surface area contributed by atoms with Crippen molar-refractivity contribution in [2.45, 2.75) is 329 Å². The summed E-state index contributed by atoms with van der Waals surface area (Å²) in [5.41, 5.74) is 0. The van der Waals surface area contributed by atoms with Crippen LogP contribution in [0.15, 0.2) is 109 Å². The van der Waals surface area contributed by atoms with Gasteiger partial charge >= 0.3 is 17.9 Å². The van der Waals surface area contributed by atoms with E-state index in [-0.39, 0.29) is 37.5 Å². The predicted molar refractivity (Wildman–Crippen MR) is 348 cm³/mol. The minimum Gasteiger partial charge on any atom is -0.462 e. The van der Waals surface area contributed by atoms with Gasteiger partial charge < -0.3 is 14.2 Å². The van der Waals surface area contributed by atoms with Gasteiger partial charge in [0.1, 0.15) is 13.2 Å². The molecule has 1 atom stereocenters. The summed E-state index contributed by atoms with van der Waals surface area (Å²) < 4.78 is 16.9.